The van der Waals surface area contributed by atoms with Crippen LogP contribution < -0.4 is 10.1 Å². The quantitative estimate of drug-likeness (QED) is 0.112. The molecule has 0 aromatic heterocycles. The Morgan fingerprint density at radius 2 is 1.50 bits per heavy atom. The molecule has 242 valence electrons. The number of aliphatic hydroxyl groups excluding tert-OH is 1. The zero-order valence-corrected chi connectivity index (χ0v) is 25.6. The lowest BCUT2D eigenvalue weighted by molar-refractivity contribution is -0.275. The van der Waals surface area contributed by atoms with Crippen LogP contribution in [0.5, 0.6) is 5.75 Å². The summed E-state index contributed by atoms with van der Waals surface area (Å²) in [6.45, 7) is -0.512. The third-order valence-electron chi connectivity index (χ3n) is 7.64. The van der Waals surface area contributed by atoms with E-state index in [2.05, 4.69) is 10.1 Å². The molecule has 0 heterocycles. The third kappa shape index (κ3) is 9.07. The molecule has 0 saturated heterocycles. The molecule has 1 atom stereocenters. The van der Waals surface area contributed by atoms with Crippen LogP contribution in [-0.2, 0) is 4.79 Å². The molecule has 4 rings (SSSR count). The van der Waals surface area contributed by atoms with E-state index < -0.39 is 48.2 Å². The van der Waals surface area contributed by atoms with E-state index in [9.17, 15) is 37.5 Å². The van der Waals surface area contributed by atoms with E-state index in [0.717, 1.165) is 55.2 Å². The summed E-state index contributed by atoms with van der Waals surface area (Å²) in [6.07, 6.45) is 1.63. The van der Waals surface area contributed by atoms with Crippen molar-refractivity contribution in [1.82, 2.24) is 5.32 Å². The minimum absolute atomic E-state index is 0.0447. The Bertz CT molecular complexity index is 1610. The predicted molar refractivity (Wildman–Crippen MR) is 166 cm³/mol. The molecule has 12 heteroatoms. The number of halogens is 3. The van der Waals surface area contributed by atoms with Gasteiger partial charge in [0.15, 0.2) is 17.7 Å². The Morgan fingerprint density at radius 1 is 0.913 bits per heavy atom. The first-order chi connectivity index (χ1) is 21.9. The first-order valence-electron chi connectivity index (χ1n) is 14.5. The maximum atomic E-state index is 13.8. The highest BCUT2D eigenvalue weighted by Gasteiger charge is 2.32. The van der Waals surface area contributed by atoms with Crippen molar-refractivity contribution in [2.24, 2.45) is 0 Å². The van der Waals surface area contributed by atoms with Gasteiger partial charge in [0.25, 0.3) is 5.91 Å². The molecule has 3 N–H and O–H groups in total. The van der Waals surface area contributed by atoms with Crippen LogP contribution in [0, 0.1) is 0 Å². The number of alkyl halides is 3. The summed E-state index contributed by atoms with van der Waals surface area (Å²) in [6, 6.07) is 16.4. The second kappa shape index (κ2) is 15.2. The van der Waals surface area contributed by atoms with Gasteiger partial charge in [0.2, 0.25) is 0 Å². The molecule has 1 aliphatic carbocycles. The summed E-state index contributed by atoms with van der Waals surface area (Å²) in [5.41, 5.74) is 1.95. The van der Waals surface area contributed by atoms with Crippen molar-refractivity contribution in [3.05, 3.63) is 101 Å². The Balaban J connectivity index is 1.65. The molecule has 1 unspecified atom stereocenters. The maximum Gasteiger partial charge on any atom is 0.573 e. The van der Waals surface area contributed by atoms with Crippen LogP contribution in [0.3, 0.4) is 0 Å². The molecule has 3 aromatic rings. The molecule has 46 heavy (non-hydrogen) atoms. The monoisotopic (exact) mass is 655 g/mol. The number of aliphatic carboxylic acids is 1. The smallest absolute Gasteiger partial charge is 0.479 e. The lowest BCUT2D eigenvalue weighted by Crippen LogP contribution is -2.36. The van der Waals surface area contributed by atoms with E-state index in [0.29, 0.717) is 11.5 Å². The first kappa shape index (κ1) is 34.5. The number of hydrogen-bond donors (Lipinski definition) is 3. The van der Waals surface area contributed by atoms with Crippen LogP contribution in [0.25, 0.3) is 5.57 Å². The normalized spacial score (nSPS) is 14.8. The topological polar surface area (TPSA) is 130 Å². The molecular weight excluding hydrogens is 623 g/mol. The van der Waals surface area contributed by atoms with E-state index >= 15 is 0 Å². The molecule has 3 aromatic carbocycles. The molecule has 1 aliphatic rings. The fourth-order valence-electron chi connectivity index (χ4n) is 5.20. The van der Waals surface area contributed by atoms with Crippen molar-refractivity contribution >= 4 is 40.8 Å². The van der Waals surface area contributed by atoms with Gasteiger partial charge in [-0.25, -0.2) is 4.79 Å². The van der Waals surface area contributed by atoms with Crippen molar-refractivity contribution in [3.8, 4) is 5.75 Å². The molecule has 1 fully saturated rings. The number of nitrogens with one attached hydrogen (secondary N) is 1. The van der Waals surface area contributed by atoms with Gasteiger partial charge in [-0.3, -0.25) is 14.4 Å². The van der Waals surface area contributed by atoms with Crippen molar-refractivity contribution in [2.45, 2.75) is 55.4 Å². The number of ether oxygens (including phenoxy) is 1. The average molecular weight is 656 g/mol. The van der Waals surface area contributed by atoms with Gasteiger partial charge < -0.3 is 20.3 Å². The zero-order valence-electron chi connectivity index (χ0n) is 24.8. The van der Waals surface area contributed by atoms with Gasteiger partial charge in [-0.15, -0.1) is 24.9 Å². The Morgan fingerprint density at radius 3 is 2.09 bits per heavy atom. The van der Waals surface area contributed by atoms with Crippen molar-refractivity contribution in [2.75, 3.05) is 12.8 Å². The van der Waals surface area contributed by atoms with Crippen LogP contribution in [-0.4, -0.2) is 58.9 Å². The van der Waals surface area contributed by atoms with Crippen LogP contribution >= 0.6 is 11.8 Å². The van der Waals surface area contributed by atoms with E-state index in [1.807, 2.05) is 12.1 Å². The number of rotatable bonds is 12. The fraction of sp³-hybridized carbons (Fsp3) is 0.294. The van der Waals surface area contributed by atoms with Gasteiger partial charge in [-0.2, -0.15) is 0 Å². The van der Waals surface area contributed by atoms with Crippen LogP contribution in [0.1, 0.15) is 80.2 Å². The number of carboxylic acid groups (broad SMARTS) is 1. The number of thioether (sulfide) groups is 1. The molecule has 0 aliphatic heterocycles. The molecule has 0 spiro atoms. The number of amides is 1. The van der Waals surface area contributed by atoms with Crippen LogP contribution in [0.15, 0.2) is 77.7 Å². The molecule has 8 nitrogen and oxygen atoms in total. The van der Waals surface area contributed by atoms with Gasteiger partial charge in [0.1, 0.15) is 5.75 Å². The largest absolute Gasteiger partial charge is 0.573 e. The lowest BCUT2D eigenvalue weighted by atomic mass is 9.83. The van der Waals surface area contributed by atoms with E-state index in [1.54, 1.807) is 18.4 Å². The maximum absolute atomic E-state index is 13.8. The van der Waals surface area contributed by atoms with Crippen molar-refractivity contribution < 1.29 is 47.3 Å². The van der Waals surface area contributed by atoms with E-state index in [1.165, 1.54) is 42.8 Å². The standard InChI is InChI=1S/C34H32F3NO7S/c1-46-30-17-25(15-16-29(30)45-34(35,36)37)27(39)18-26(22-9-7-21(8-10-22)20-5-3-2-4-6-20)31(41)23-11-13-24(14-12-23)32(42)38-19-28(40)33(43)44/h7-18,20,28,40H,2-6,19H2,1H3,(H,38,42)(H,43,44)/b26-18-. The third-order valence-corrected chi connectivity index (χ3v) is 8.40. The average Bonchev–Trinajstić information content (AvgIpc) is 3.05. The number of aliphatic hydroxyl groups is 1. The minimum atomic E-state index is -4.91. The predicted octanol–water partition coefficient (Wildman–Crippen LogP) is 6.68. The number of benzene rings is 3. The van der Waals surface area contributed by atoms with Crippen molar-refractivity contribution in [3.63, 3.8) is 0 Å². The molecule has 1 amide bonds. The summed E-state index contributed by atoms with van der Waals surface area (Å²) < 4.78 is 42.6. The lowest BCUT2D eigenvalue weighted by Gasteiger charge is -2.22. The molecular formula is C34H32F3NO7S. The number of carbonyl (C=O) groups excluding carboxylic acids is 3. The number of Topliss-reactive ketones (excluding diaryl/α,β-unsaturated/α-hetero) is 1. The second-order valence-electron chi connectivity index (χ2n) is 10.8. The number of carbonyl (C=O) groups is 4. The molecule has 0 bridgehead atoms. The van der Waals surface area contributed by atoms with E-state index in [4.69, 9.17) is 5.11 Å². The number of carboxylic acids is 1. The summed E-state index contributed by atoms with van der Waals surface area (Å²) in [5.74, 6) is -3.33. The second-order valence-corrected chi connectivity index (χ2v) is 11.6. The van der Waals surface area contributed by atoms with Gasteiger partial charge in [-0.1, -0.05) is 55.7 Å². The summed E-state index contributed by atoms with van der Waals surface area (Å²) in [7, 11) is 0. The molecule has 0 radical (unpaired) electrons. The van der Waals surface area contributed by atoms with Gasteiger partial charge in [0.05, 0.1) is 11.4 Å². The summed E-state index contributed by atoms with van der Waals surface area (Å²) >= 11 is 0.971. The first-order valence-corrected chi connectivity index (χ1v) is 15.7. The van der Waals surface area contributed by atoms with Gasteiger partial charge in [-0.05, 0) is 72.6 Å². The Hall–Kier alpha value is -4.42. The van der Waals surface area contributed by atoms with Gasteiger partial charge >= 0.3 is 12.3 Å². The zero-order chi connectivity index (χ0) is 33.4. The summed E-state index contributed by atoms with van der Waals surface area (Å²) in [5, 5.41) is 20.5. The number of ketones is 2. The Labute approximate surface area is 267 Å². The van der Waals surface area contributed by atoms with Crippen LogP contribution in [0.4, 0.5) is 13.2 Å². The highest BCUT2D eigenvalue weighted by molar-refractivity contribution is 7.98. The minimum Gasteiger partial charge on any atom is -0.479 e. The Kier molecular flexibility index (Phi) is 11.4. The SMILES string of the molecule is CSc1cc(C(=O)/C=C(\C(=O)c2ccc(C(=O)NCC(O)C(=O)O)cc2)c2ccc(C3CCCCC3)cc2)ccc1OC(F)(F)F. The fourth-order valence-corrected chi connectivity index (χ4v) is 5.76. The van der Waals surface area contributed by atoms with E-state index in [-0.39, 0.29) is 27.2 Å². The summed E-state index contributed by atoms with van der Waals surface area (Å²) in [4.78, 5) is 50.6. The van der Waals surface area contributed by atoms with Crippen LogP contribution in [0.2, 0.25) is 0 Å². The highest BCUT2D eigenvalue weighted by atomic mass is 32.2. The van der Waals surface area contributed by atoms with Crippen molar-refractivity contribution in [1.29, 1.82) is 0 Å². The number of allylic oxidation sites excluding steroid dienone is 2. The number of hydrogen-bond acceptors (Lipinski definition) is 7. The van der Waals surface area contributed by atoms with Gasteiger partial charge in [0, 0.05) is 22.3 Å². The molecule has 1 saturated carbocycles. The highest BCUT2D eigenvalue weighted by Crippen LogP contribution is 2.35.